The van der Waals surface area contributed by atoms with E-state index < -0.39 is 9.84 Å². The zero-order valence-electron chi connectivity index (χ0n) is 20.7. The smallest absolute Gasteiger partial charge is 0.316 e. The fourth-order valence-electron chi connectivity index (χ4n) is 4.17. The van der Waals surface area contributed by atoms with E-state index >= 15 is 0 Å². The van der Waals surface area contributed by atoms with E-state index in [9.17, 15) is 8.42 Å². The summed E-state index contributed by atoms with van der Waals surface area (Å²) in [7, 11) is -3.61. The topological polar surface area (TPSA) is 98.4 Å². The van der Waals surface area contributed by atoms with Crippen molar-refractivity contribution in [1.29, 1.82) is 0 Å². The van der Waals surface area contributed by atoms with Gasteiger partial charge in [-0.15, -0.1) is 0 Å². The molecule has 3 heterocycles. The number of hydrogen-bond donors (Lipinski definition) is 0. The number of halogens is 1. The minimum absolute atomic E-state index is 0.0843. The zero-order valence-corrected chi connectivity index (χ0v) is 23.1. The molecule has 3 aromatic rings. The molecular weight excluding hydrogens is 532 g/mol. The molecule has 1 atom stereocenters. The van der Waals surface area contributed by atoms with Crippen molar-refractivity contribution in [3.8, 4) is 6.01 Å². The van der Waals surface area contributed by atoms with E-state index in [1.165, 1.54) is 5.56 Å². The second-order valence-electron chi connectivity index (χ2n) is 9.84. The lowest BCUT2D eigenvalue weighted by Gasteiger charge is -2.34. The van der Waals surface area contributed by atoms with Gasteiger partial charge in [0, 0.05) is 42.5 Å². The number of hydrogen-bond acceptors (Lipinski definition) is 8. The lowest BCUT2D eigenvalue weighted by molar-refractivity contribution is 0.191. The summed E-state index contributed by atoms with van der Waals surface area (Å²) >= 11 is 3.49. The minimum Gasteiger partial charge on any atom is -0.464 e. The van der Waals surface area contributed by atoms with Crippen LogP contribution in [0.15, 0.2) is 44.5 Å². The van der Waals surface area contributed by atoms with Gasteiger partial charge < -0.3 is 9.26 Å². The Labute approximate surface area is 215 Å². The lowest BCUT2D eigenvalue weighted by Crippen LogP contribution is -2.33. The van der Waals surface area contributed by atoms with E-state index in [-0.39, 0.29) is 17.2 Å². The second-order valence-corrected chi connectivity index (χ2v) is 12.6. The van der Waals surface area contributed by atoms with Gasteiger partial charge in [-0.1, -0.05) is 32.0 Å². The molecule has 1 aliphatic rings. The minimum atomic E-state index is -3.61. The van der Waals surface area contributed by atoms with Crippen molar-refractivity contribution in [3.05, 3.63) is 63.2 Å². The maximum absolute atomic E-state index is 13.3. The zero-order chi connectivity index (χ0) is 25.4. The highest BCUT2D eigenvalue weighted by Crippen LogP contribution is 2.34. The Balaban J connectivity index is 1.53. The molecular formula is C25H31BrN4O4S. The van der Waals surface area contributed by atoms with Gasteiger partial charge in [-0.2, -0.15) is 0 Å². The molecule has 1 aliphatic heterocycles. The summed E-state index contributed by atoms with van der Waals surface area (Å²) in [6, 6.07) is 5.89. The fraction of sp³-hybridized carbons (Fsp3) is 0.480. The van der Waals surface area contributed by atoms with Gasteiger partial charge in [0.05, 0.1) is 16.0 Å². The van der Waals surface area contributed by atoms with Gasteiger partial charge in [0.15, 0.2) is 15.6 Å². The monoisotopic (exact) mass is 562 g/mol. The first-order chi connectivity index (χ1) is 16.5. The third kappa shape index (κ3) is 5.59. The van der Waals surface area contributed by atoms with Crippen molar-refractivity contribution in [1.82, 2.24) is 20.0 Å². The number of nitrogens with zero attached hydrogens (tertiary/aromatic N) is 4. The largest absolute Gasteiger partial charge is 0.464 e. The Morgan fingerprint density at radius 3 is 2.54 bits per heavy atom. The highest BCUT2D eigenvalue weighted by molar-refractivity contribution is 9.10. The van der Waals surface area contributed by atoms with Gasteiger partial charge in [-0.3, -0.25) is 4.90 Å². The summed E-state index contributed by atoms with van der Waals surface area (Å²) in [5, 5.41) is 4.04. The molecule has 0 aliphatic carbocycles. The van der Waals surface area contributed by atoms with Crippen LogP contribution in [0.5, 0.6) is 6.01 Å². The second kappa shape index (κ2) is 9.99. The Kier molecular flexibility index (Phi) is 7.36. The Morgan fingerprint density at radius 2 is 1.91 bits per heavy atom. The number of benzene rings is 1. The van der Waals surface area contributed by atoms with Crippen LogP contribution in [0.3, 0.4) is 0 Å². The van der Waals surface area contributed by atoms with Crippen LogP contribution in [0, 0.1) is 0 Å². The highest BCUT2D eigenvalue weighted by Gasteiger charge is 2.29. The lowest BCUT2D eigenvalue weighted by atomic mass is 9.93. The van der Waals surface area contributed by atoms with Crippen LogP contribution in [0.1, 0.15) is 68.8 Å². The van der Waals surface area contributed by atoms with Crippen molar-refractivity contribution >= 4 is 25.8 Å². The molecule has 10 heteroatoms. The molecule has 1 aromatic carbocycles. The first-order valence-electron chi connectivity index (χ1n) is 11.7. The summed E-state index contributed by atoms with van der Waals surface area (Å²) < 4.78 is 38.0. The van der Waals surface area contributed by atoms with Crippen LogP contribution < -0.4 is 4.74 Å². The van der Waals surface area contributed by atoms with Gasteiger partial charge in [0.2, 0.25) is 0 Å². The van der Waals surface area contributed by atoms with Gasteiger partial charge in [0.25, 0.3) is 0 Å². The van der Waals surface area contributed by atoms with E-state index in [1.54, 1.807) is 24.5 Å². The van der Waals surface area contributed by atoms with Crippen molar-refractivity contribution in [2.45, 2.75) is 69.7 Å². The Bertz CT molecular complexity index is 1300. The van der Waals surface area contributed by atoms with E-state index in [4.69, 9.17) is 9.26 Å². The first kappa shape index (κ1) is 25.8. The highest BCUT2D eigenvalue weighted by atomic mass is 79.9. The molecule has 0 unspecified atom stereocenters. The summed E-state index contributed by atoms with van der Waals surface area (Å²) in [5.41, 5.74) is 3.29. The Hall–Kier alpha value is -2.30. The van der Waals surface area contributed by atoms with Gasteiger partial charge in [-0.05, 0) is 59.5 Å². The van der Waals surface area contributed by atoms with Crippen LogP contribution in [0.25, 0.3) is 0 Å². The molecule has 0 saturated carbocycles. The third-order valence-electron chi connectivity index (χ3n) is 6.24. The van der Waals surface area contributed by atoms with Crippen LogP contribution in [0.4, 0.5) is 0 Å². The van der Waals surface area contributed by atoms with E-state index in [1.807, 2.05) is 33.8 Å². The standard InChI is InChI=1S/C25H31BrN4O4S/c1-6-33-24-27-12-19(13-28-24)16(2)30-10-9-17-7-8-20(11-18(17)14-30)35(31,32)15-21-22(26)23(34-29-21)25(3,4)5/h7-8,11-13,16H,6,9-10,14-15H2,1-5H3/t16-/m1/s1. The van der Waals surface area contributed by atoms with Crippen LogP contribution in [0.2, 0.25) is 0 Å². The molecule has 188 valence electrons. The normalized spacial score (nSPS) is 15.6. The van der Waals surface area contributed by atoms with Crippen molar-refractivity contribution in [3.63, 3.8) is 0 Å². The molecule has 0 N–H and O–H groups in total. The van der Waals surface area contributed by atoms with Crippen LogP contribution in [-0.4, -0.2) is 41.6 Å². The molecule has 8 nitrogen and oxygen atoms in total. The Morgan fingerprint density at radius 1 is 1.20 bits per heavy atom. The average Bonchev–Trinajstić information content (AvgIpc) is 3.18. The number of ether oxygens (including phenoxy) is 1. The number of aromatic nitrogens is 3. The van der Waals surface area contributed by atoms with Gasteiger partial charge >= 0.3 is 6.01 Å². The van der Waals surface area contributed by atoms with E-state index in [0.29, 0.717) is 40.0 Å². The maximum Gasteiger partial charge on any atom is 0.316 e. The quantitative estimate of drug-likeness (QED) is 0.396. The van der Waals surface area contributed by atoms with Crippen molar-refractivity contribution in [2.24, 2.45) is 0 Å². The first-order valence-corrected chi connectivity index (χ1v) is 14.1. The molecule has 0 amide bonds. The van der Waals surface area contributed by atoms with Gasteiger partial charge in [0.1, 0.15) is 11.4 Å². The molecule has 35 heavy (non-hydrogen) atoms. The van der Waals surface area contributed by atoms with Crippen molar-refractivity contribution < 1.29 is 17.7 Å². The number of sulfone groups is 1. The summed E-state index contributed by atoms with van der Waals surface area (Å²) in [4.78, 5) is 11.2. The predicted octanol–water partition coefficient (Wildman–Crippen LogP) is 5.02. The SMILES string of the molecule is CCOc1ncc([C@@H](C)N2CCc3ccc(S(=O)(=O)Cc4noc(C(C)(C)C)c4Br)cc3C2)cn1. The van der Waals surface area contributed by atoms with E-state index in [2.05, 4.69) is 42.9 Å². The number of fused-ring (bicyclic) bond motifs is 1. The predicted molar refractivity (Wildman–Crippen MR) is 136 cm³/mol. The number of rotatable bonds is 7. The van der Waals surface area contributed by atoms with Crippen LogP contribution >= 0.6 is 15.9 Å². The molecule has 2 aromatic heterocycles. The maximum atomic E-state index is 13.3. The molecule has 0 bridgehead atoms. The van der Waals surface area contributed by atoms with E-state index in [0.717, 1.165) is 24.1 Å². The fourth-order valence-corrected chi connectivity index (χ4v) is 6.55. The average molecular weight is 564 g/mol. The molecule has 0 fully saturated rings. The van der Waals surface area contributed by atoms with Crippen molar-refractivity contribution in [2.75, 3.05) is 13.2 Å². The summed E-state index contributed by atoms with van der Waals surface area (Å²) in [6.07, 6.45) is 4.43. The molecule has 4 rings (SSSR count). The molecule has 0 saturated heterocycles. The summed E-state index contributed by atoms with van der Waals surface area (Å²) in [5.74, 6) is 0.409. The molecule has 0 spiro atoms. The summed E-state index contributed by atoms with van der Waals surface area (Å²) in [6.45, 7) is 12.0. The van der Waals surface area contributed by atoms with Crippen LogP contribution in [-0.2, 0) is 34.0 Å². The molecule has 0 radical (unpaired) electrons. The van der Waals surface area contributed by atoms with Gasteiger partial charge in [-0.25, -0.2) is 18.4 Å². The third-order valence-corrected chi connectivity index (χ3v) is 8.68.